The van der Waals surface area contributed by atoms with Crippen LogP contribution in [0.4, 0.5) is 0 Å². The van der Waals surface area contributed by atoms with Crippen LogP contribution in [0.1, 0.15) is 70.2 Å². The molecule has 16 heteroatoms. The zero-order valence-electron chi connectivity index (χ0n) is 32.3. The molecule has 1 aromatic carbocycles. The highest BCUT2D eigenvalue weighted by Gasteiger charge is 2.48. The van der Waals surface area contributed by atoms with Crippen LogP contribution in [0, 0.1) is 11.8 Å². The van der Waals surface area contributed by atoms with Gasteiger partial charge in [-0.3, -0.25) is 19.4 Å². The van der Waals surface area contributed by atoms with E-state index in [9.17, 15) is 31.2 Å². The quantitative estimate of drug-likeness (QED) is 0.197. The Labute approximate surface area is 345 Å². The summed E-state index contributed by atoms with van der Waals surface area (Å²) in [6.45, 7) is 7.48. The summed E-state index contributed by atoms with van der Waals surface area (Å²) in [5, 5.41) is 5.75. The van der Waals surface area contributed by atoms with Crippen molar-refractivity contribution in [3.8, 4) is 0 Å². The number of hydrogen-bond acceptors (Lipinski definition) is 9. The van der Waals surface area contributed by atoms with Gasteiger partial charge in [-0.25, -0.2) is 16.8 Å². The third kappa shape index (κ3) is 11.9. The number of sulfonamides is 1. The Kier molecular flexibility index (Phi) is 16.6. The lowest BCUT2D eigenvalue weighted by Gasteiger charge is -2.25. The summed E-state index contributed by atoms with van der Waals surface area (Å²) in [6.07, 6.45) is 22.5. The van der Waals surface area contributed by atoms with E-state index in [1.165, 1.54) is 42.2 Å². The summed E-state index contributed by atoms with van der Waals surface area (Å²) in [5.74, 6) is -1.92. The van der Waals surface area contributed by atoms with Crippen LogP contribution < -0.4 is 10.6 Å². The fourth-order valence-corrected chi connectivity index (χ4v) is 10.2. The smallest absolute Gasteiger partial charge is 0.325 e. The van der Waals surface area contributed by atoms with E-state index in [-0.39, 0.29) is 67.7 Å². The van der Waals surface area contributed by atoms with Gasteiger partial charge in [0.15, 0.2) is 0 Å². The second kappa shape index (κ2) is 20.9. The Balaban J connectivity index is 0.000000316. The van der Waals surface area contributed by atoms with Gasteiger partial charge in [0.2, 0.25) is 25.8 Å². The third-order valence-electron chi connectivity index (χ3n) is 9.49. The fraction of sp³-hybridized carbons (Fsp3) is 0.366. The van der Waals surface area contributed by atoms with Gasteiger partial charge in [-0.2, -0.15) is 4.31 Å². The minimum atomic E-state index is -4.25. The van der Waals surface area contributed by atoms with Crippen molar-refractivity contribution in [3.05, 3.63) is 123 Å². The first kappa shape index (κ1) is 45.4. The summed E-state index contributed by atoms with van der Waals surface area (Å²) < 4.78 is 60.3. The zero-order chi connectivity index (χ0) is 41.8. The molecule has 12 nitrogen and oxygen atoms in total. The largest absolute Gasteiger partial charge is 0.465 e. The number of ether oxygens (including phenoxy) is 1. The van der Waals surface area contributed by atoms with E-state index in [1.807, 2.05) is 51.2 Å². The van der Waals surface area contributed by atoms with Crippen molar-refractivity contribution in [3.63, 3.8) is 0 Å². The van der Waals surface area contributed by atoms with Gasteiger partial charge >= 0.3 is 5.97 Å². The van der Waals surface area contributed by atoms with Crippen LogP contribution in [0.3, 0.4) is 0 Å². The van der Waals surface area contributed by atoms with E-state index in [4.69, 9.17) is 27.9 Å². The van der Waals surface area contributed by atoms with Crippen molar-refractivity contribution in [1.82, 2.24) is 19.9 Å². The van der Waals surface area contributed by atoms with Crippen LogP contribution in [0.2, 0.25) is 10.0 Å². The molecule has 1 aromatic heterocycles. The fourth-order valence-electron chi connectivity index (χ4n) is 6.41. The molecule has 3 aliphatic rings. The van der Waals surface area contributed by atoms with Gasteiger partial charge in [0, 0.05) is 24.6 Å². The number of carbonyl (C=O) groups excluding carboxylic acids is 3. The van der Waals surface area contributed by atoms with Crippen LogP contribution in [0.15, 0.2) is 117 Å². The SMILES string of the molecule is CC1=CC=C(NC(=O)c2c(Cl)cncc2Cl)C=CC1.CCCC[C@@H]1CN(S(=O)(=O)c2cccc(S(=O)(=O)C3=CCC=CC=C3)c2)C(C(=O)NCC(=O)OCC)C1C. The molecular formula is C41H48Cl2N4O8S2. The molecule has 57 heavy (non-hydrogen) atoms. The Morgan fingerprint density at radius 3 is 2.40 bits per heavy atom. The molecule has 306 valence electrons. The molecule has 2 heterocycles. The van der Waals surface area contributed by atoms with Gasteiger partial charge in [-0.1, -0.05) is 98.0 Å². The van der Waals surface area contributed by atoms with E-state index in [1.54, 1.807) is 25.2 Å². The van der Waals surface area contributed by atoms with Crippen molar-refractivity contribution >= 4 is 60.8 Å². The molecule has 0 radical (unpaired) electrons. The van der Waals surface area contributed by atoms with Crippen LogP contribution in [0.5, 0.6) is 0 Å². The Hall–Kier alpha value is -4.34. The number of nitrogens with zero attached hydrogens (tertiary/aromatic N) is 2. The number of hydrogen-bond donors (Lipinski definition) is 2. The van der Waals surface area contributed by atoms with Gasteiger partial charge < -0.3 is 15.4 Å². The van der Waals surface area contributed by atoms with Gasteiger partial charge in [0.05, 0.1) is 36.9 Å². The van der Waals surface area contributed by atoms with Gasteiger partial charge in [0.1, 0.15) is 12.6 Å². The van der Waals surface area contributed by atoms with Crippen LogP contribution >= 0.6 is 23.2 Å². The number of unbranched alkanes of at least 4 members (excludes halogenated alkanes) is 1. The molecule has 2 unspecified atom stereocenters. The molecule has 1 fully saturated rings. The summed E-state index contributed by atoms with van der Waals surface area (Å²) in [6, 6.07) is 4.19. The number of amides is 2. The lowest BCUT2D eigenvalue weighted by molar-refractivity contribution is -0.143. The minimum absolute atomic E-state index is 0.0660. The summed E-state index contributed by atoms with van der Waals surface area (Å²) in [5.41, 5.74) is 2.16. The molecule has 2 aliphatic carbocycles. The predicted octanol–water partition coefficient (Wildman–Crippen LogP) is 7.26. The van der Waals surface area contributed by atoms with E-state index in [2.05, 4.69) is 15.6 Å². The maximum Gasteiger partial charge on any atom is 0.325 e. The standard InChI is InChI=1S/C27H36N2O7S2.C14H12Cl2N2O/c1-4-6-12-21-19-29(26(20(21)3)27(31)28-18-25(30)36-5-2)38(34,35)24-16-11-15-23(17-24)37(32,33)22-13-9-7-8-10-14-22;1-9-3-2-4-10(6-5-9)18-14(19)13-11(15)7-17-8-12(13)16/h7-9,11,13-17,20-21,26H,4-6,10,12,18-19H2,1-3H3,(H,28,31);2,4-8H,3H2,1H3,(H,18,19)/t20?,21-,26?;/m1./s1. The lowest BCUT2D eigenvalue weighted by Crippen LogP contribution is -2.49. The molecule has 2 aromatic rings. The number of esters is 1. The summed E-state index contributed by atoms with van der Waals surface area (Å²) in [4.78, 5) is 40.7. The number of halogens is 2. The first-order valence-electron chi connectivity index (χ1n) is 18.6. The molecule has 1 aliphatic heterocycles. The second-order valence-corrected chi connectivity index (χ2v) is 18.2. The first-order chi connectivity index (χ1) is 27.1. The number of allylic oxidation sites excluding steroid dienone is 10. The van der Waals surface area contributed by atoms with Crippen LogP contribution in [-0.4, -0.2) is 69.6 Å². The molecule has 0 bridgehead atoms. The van der Waals surface area contributed by atoms with E-state index >= 15 is 0 Å². The predicted molar refractivity (Wildman–Crippen MR) is 221 cm³/mol. The van der Waals surface area contributed by atoms with E-state index < -0.39 is 37.8 Å². The molecule has 3 atom stereocenters. The number of aromatic nitrogens is 1. The average molecular weight is 860 g/mol. The molecule has 2 N–H and O–H groups in total. The van der Waals surface area contributed by atoms with Crippen LogP contribution in [-0.2, 0) is 34.2 Å². The Bertz CT molecular complexity index is 2210. The topological polar surface area (TPSA) is 169 Å². The van der Waals surface area contributed by atoms with Crippen molar-refractivity contribution in [2.75, 3.05) is 19.7 Å². The van der Waals surface area contributed by atoms with Crippen molar-refractivity contribution in [2.24, 2.45) is 11.8 Å². The maximum atomic E-state index is 13.9. The third-order valence-corrected chi connectivity index (χ3v) is 13.7. The summed E-state index contributed by atoms with van der Waals surface area (Å²) >= 11 is 11.9. The van der Waals surface area contributed by atoms with Gasteiger partial charge in [-0.15, -0.1) is 0 Å². The highest BCUT2D eigenvalue weighted by atomic mass is 35.5. The molecule has 2 amide bonds. The normalized spacial score (nSPS) is 19.5. The van der Waals surface area contributed by atoms with E-state index in [0.29, 0.717) is 12.1 Å². The Morgan fingerprint density at radius 2 is 1.70 bits per heavy atom. The number of sulfone groups is 1. The molecule has 5 rings (SSSR count). The number of benzene rings is 1. The average Bonchev–Trinajstić information content (AvgIpc) is 3.35. The maximum absolute atomic E-state index is 13.9. The number of nitrogens with one attached hydrogen (secondary N) is 2. The van der Waals surface area contributed by atoms with Crippen molar-refractivity contribution in [1.29, 1.82) is 0 Å². The molecule has 1 saturated heterocycles. The van der Waals surface area contributed by atoms with Crippen molar-refractivity contribution < 1.29 is 36.0 Å². The molecular weight excluding hydrogens is 812 g/mol. The second-order valence-electron chi connectivity index (χ2n) is 13.6. The van der Waals surface area contributed by atoms with Gasteiger partial charge in [0.25, 0.3) is 5.91 Å². The number of rotatable bonds is 13. The first-order valence-corrected chi connectivity index (χ1v) is 22.3. The number of carbonyl (C=O) groups is 3. The number of pyridine rings is 1. The van der Waals surface area contributed by atoms with Crippen LogP contribution in [0.25, 0.3) is 0 Å². The molecule has 0 spiro atoms. The highest BCUT2D eigenvalue weighted by molar-refractivity contribution is 7.95. The lowest BCUT2D eigenvalue weighted by atomic mass is 9.88. The monoisotopic (exact) mass is 858 g/mol. The minimum Gasteiger partial charge on any atom is -0.465 e. The Morgan fingerprint density at radius 1 is 0.982 bits per heavy atom. The highest BCUT2D eigenvalue weighted by Crippen LogP contribution is 2.38. The summed E-state index contributed by atoms with van der Waals surface area (Å²) in [7, 11) is -8.21. The molecule has 0 saturated carbocycles. The van der Waals surface area contributed by atoms with Gasteiger partial charge in [-0.05, 0) is 81.4 Å². The zero-order valence-corrected chi connectivity index (χ0v) is 35.4. The van der Waals surface area contributed by atoms with E-state index in [0.717, 1.165) is 36.1 Å². The van der Waals surface area contributed by atoms with Crippen molar-refractivity contribution in [2.45, 2.75) is 75.6 Å².